The fourth-order valence-corrected chi connectivity index (χ4v) is 3.99. The molecule has 0 aliphatic heterocycles. The Kier molecular flexibility index (Phi) is 6.89. The molecule has 3 aromatic rings. The van der Waals surface area contributed by atoms with Crippen LogP contribution in [-0.4, -0.2) is 27.4 Å². The summed E-state index contributed by atoms with van der Waals surface area (Å²) in [6.45, 7) is 1.73. The maximum Gasteiger partial charge on any atom is 0.337 e. The van der Waals surface area contributed by atoms with Crippen LogP contribution in [0.2, 0.25) is 0 Å². The molecule has 0 fully saturated rings. The number of methoxy groups -OCH3 is 1. The van der Waals surface area contributed by atoms with E-state index in [0.717, 1.165) is 11.6 Å². The maximum absolute atomic E-state index is 13.4. The maximum atomic E-state index is 13.4. The average molecular weight is 456 g/mol. The summed E-state index contributed by atoms with van der Waals surface area (Å²) in [6, 6.07) is 16.1. The molecule has 0 atom stereocenters. The first-order chi connectivity index (χ1) is 15.2. The van der Waals surface area contributed by atoms with E-state index in [2.05, 4.69) is 14.8 Å². The topological polar surface area (TPSA) is 102 Å². The predicted molar refractivity (Wildman–Crippen MR) is 117 cm³/mol. The number of anilines is 1. The van der Waals surface area contributed by atoms with Gasteiger partial charge in [-0.15, -0.1) is 0 Å². The third kappa shape index (κ3) is 5.50. The van der Waals surface area contributed by atoms with E-state index >= 15 is 0 Å². The molecule has 0 aromatic heterocycles. The zero-order valence-corrected chi connectivity index (χ0v) is 18.2. The lowest BCUT2D eigenvalue weighted by Crippen LogP contribution is -2.22. The Morgan fingerprint density at radius 2 is 1.56 bits per heavy atom. The molecule has 0 aliphatic carbocycles. The lowest BCUT2D eigenvalue weighted by molar-refractivity contribution is 0.0600. The number of hydrogen-bond donors (Lipinski definition) is 2. The van der Waals surface area contributed by atoms with Crippen molar-refractivity contribution in [2.24, 2.45) is 0 Å². The first-order valence-corrected chi connectivity index (χ1v) is 11.0. The highest BCUT2D eigenvalue weighted by molar-refractivity contribution is 7.92. The molecule has 7 nitrogen and oxygen atoms in total. The van der Waals surface area contributed by atoms with Crippen LogP contribution in [-0.2, 0) is 21.3 Å². The van der Waals surface area contributed by atoms with E-state index in [0.29, 0.717) is 11.1 Å². The molecule has 32 heavy (non-hydrogen) atoms. The summed E-state index contributed by atoms with van der Waals surface area (Å²) in [4.78, 5) is 23.8. The van der Waals surface area contributed by atoms with Crippen LogP contribution in [0.15, 0.2) is 71.6 Å². The lowest BCUT2D eigenvalue weighted by atomic mass is 10.1. The number of hydrogen-bond acceptors (Lipinski definition) is 5. The number of sulfonamides is 1. The second kappa shape index (κ2) is 9.61. The zero-order valence-electron chi connectivity index (χ0n) is 17.4. The molecule has 0 heterocycles. The first kappa shape index (κ1) is 23.0. The Bertz CT molecular complexity index is 1240. The number of carbonyl (C=O) groups excluding carboxylic acids is 2. The van der Waals surface area contributed by atoms with Crippen molar-refractivity contribution in [1.29, 1.82) is 0 Å². The molecule has 3 aromatic carbocycles. The summed E-state index contributed by atoms with van der Waals surface area (Å²) in [7, 11) is -2.59. The highest BCUT2D eigenvalue weighted by Crippen LogP contribution is 2.19. The van der Waals surface area contributed by atoms with Crippen molar-refractivity contribution < 1.29 is 27.1 Å². The molecule has 0 radical (unpaired) electrons. The summed E-state index contributed by atoms with van der Waals surface area (Å²) in [5, 5.41) is 2.75. The van der Waals surface area contributed by atoms with E-state index in [4.69, 9.17) is 0 Å². The number of aryl methyl sites for hydroxylation is 1. The van der Waals surface area contributed by atoms with Crippen LogP contribution in [0.4, 0.5) is 10.1 Å². The Hall–Kier alpha value is -3.72. The molecule has 1 amide bonds. The molecule has 0 aliphatic rings. The lowest BCUT2D eigenvalue weighted by Gasteiger charge is -2.10. The fourth-order valence-electron chi connectivity index (χ4n) is 2.85. The number of ether oxygens (including phenoxy) is 1. The number of carbonyl (C=O) groups is 2. The van der Waals surface area contributed by atoms with Crippen molar-refractivity contribution in [3.8, 4) is 0 Å². The summed E-state index contributed by atoms with van der Waals surface area (Å²) in [6.07, 6.45) is 0. The third-order valence-corrected chi connectivity index (χ3v) is 6.05. The van der Waals surface area contributed by atoms with Gasteiger partial charge in [-0.25, -0.2) is 17.6 Å². The van der Waals surface area contributed by atoms with Gasteiger partial charge in [0, 0.05) is 17.8 Å². The fraction of sp³-hybridized carbons (Fsp3) is 0.130. The molecule has 9 heteroatoms. The van der Waals surface area contributed by atoms with Crippen LogP contribution in [0, 0.1) is 12.7 Å². The van der Waals surface area contributed by atoms with Crippen molar-refractivity contribution >= 4 is 27.6 Å². The minimum absolute atomic E-state index is 0.0589. The van der Waals surface area contributed by atoms with Crippen molar-refractivity contribution in [2.45, 2.75) is 18.4 Å². The molecule has 0 saturated carbocycles. The Labute approximate surface area is 185 Å². The van der Waals surface area contributed by atoms with Crippen molar-refractivity contribution in [1.82, 2.24) is 5.32 Å². The Morgan fingerprint density at radius 3 is 2.16 bits per heavy atom. The number of benzene rings is 3. The molecule has 0 bridgehead atoms. The normalized spacial score (nSPS) is 11.0. The van der Waals surface area contributed by atoms with Gasteiger partial charge in [0.05, 0.1) is 17.6 Å². The van der Waals surface area contributed by atoms with E-state index in [9.17, 15) is 22.4 Å². The monoisotopic (exact) mass is 456 g/mol. The average Bonchev–Trinajstić information content (AvgIpc) is 2.79. The van der Waals surface area contributed by atoms with Crippen LogP contribution in [0.5, 0.6) is 0 Å². The second-order valence-corrected chi connectivity index (χ2v) is 8.65. The van der Waals surface area contributed by atoms with Crippen molar-refractivity contribution in [3.63, 3.8) is 0 Å². The minimum atomic E-state index is -3.89. The molecule has 3 rings (SSSR count). The van der Waals surface area contributed by atoms with Gasteiger partial charge in [-0.05, 0) is 72.6 Å². The number of nitrogens with one attached hydrogen (secondary N) is 2. The van der Waals surface area contributed by atoms with Crippen LogP contribution < -0.4 is 10.0 Å². The van der Waals surface area contributed by atoms with Gasteiger partial charge in [-0.1, -0.05) is 12.1 Å². The Morgan fingerprint density at radius 1 is 0.938 bits per heavy atom. The van der Waals surface area contributed by atoms with Gasteiger partial charge in [0.2, 0.25) is 0 Å². The highest BCUT2D eigenvalue weighted by Gasteiger charge is 2.16. The Balaban J connectivity index is 1.61. The van der Waals surface area contributed by atoms with Crippen LogP contribution >= 0.6 is 0 Å². The van der Waals surface area contributed by atoms with Crippen molar-refractivity contribution in [2.75, 3.05) is 11.8 Å². The van der Waals surface area contributed by atoms with Gasteiger partial charge >= 0.3 is 5.97 Å². The van der Waals surface area contributed by atoms with Gasteiger partial charge in [-0.3, -0.25) is 9.52 Å². The van der Waals surface area contributed by atoms with Gasteiger partial charge in [0.1, 0.15) is 5.82 Å². The van der Waals surface area contributed by atoms with Crippen LogP contribution in [0.25, 0.3) is 0 Å². The summed E-state index contributed by atoms with van der Waals surface area (Å²) < 4.78 is 45.4. The third-order valence-electron chi connectivity index (χ3n) is 4.67. The smallest absolute Gasteiger partial charge is 0.337 e. The van der Waals surface area contributed by atoms with E-state index in [-0.39, 0.29) is 28.6 Å². The van der Waals surface area contributed by atoms with E-state index in [1.165, 1.54) is 50.4 Å². The standard InChI is InChI=1S/C23H21FN2O5S/c1-15-13-20(11-12-21(15)24)32(29,30)26-19-9-7-17(8-10-19)22(27)25-14-16-3-5-18(6-4-16)23(28)31-2/h3-13,26H,14H2,1-2H3,(H,25,27). The van der Waals surface area contributed by atoms with E-state index in [1.54, 1.807) is 24.3 Å². The summed E-state index contributed by atoms with van der Waals surface area (Å²) >= 11 is 0. The van der Waals surface area contributed by atoms with Crippen LogP contribution in [0.1, 0.15) is 31.8 Å². The molecule has 0 unspecified atom stereocenters. The quantitative estimate of drug-likeness (QED) is 0.529. The van der Waals surface area contributed by atoms with Gasteiger partial charge in [0.15, 0.2) is 0 Å². The molecule has 166 valence electrons. The number of amides is 1. The molecule has 0 saturated heterocycles. The van der Waals surface area contributed by atoms with Crippen molar-refractivity contribution in [3.05, 3.63) is 94.8 Å². The van der Waals surface area contributed by atoms with Gasteiger partial charge < -0.3 is 10.1 Å². The van der Waals surface area contributed by atoms with Gasteiger partial charge in [0.25, 0.3) is 15.9 Å². The zero-order chi connectivity index (χ0) is 23.3. The molecule has 2 N–H and O–H groups in total. The predicted octanol–water partition coefficient (Wildman–Crippen LogP) is 3.65. The molecular weight excluding hydrogens is 435 g/mol. The number of halogens is 1. The second-order valence-electron chi connectivity index (χ2n) is 6.97. The first-order valence-electron chi connectivity index (χ1n) is 9.54. The molecular formula is C23H21FN2O5S. The largest absolute Gasteiger partial charge is 0.465 e. The number of rotatable bonds is 7. The minimum Gasteiger partial charge on any atom is -0.465 e. The SMILES string of the molecule is COC(=O)c1ccc(CNC(=O)c2ccc(NS(=O)(=O)c3ccc(F)c(C)c3)cc2)cc1. The van der Waals surface area contributed by atoms with E-state index in [1.807, 2.05) is 0 Å². The van der Waals surface area contributed by atoms with E-state index < -0.39 is 21.8 Å². The number of esters is 1. The highest BCUT2D eigenvalue weighted by atomic mass is 32.2. The van der Waals surface area contributed by atoms with Crippen LogP contribution in [0.3, 0.4) is 0 Å². The summed E-state index contributed by atoms with van der Waals surface area (Å²) in [5.41, 5.74) is 2.04. The molecule has 0 spiro atoms. The summed E-state index contributed by atoms with van der Waals surface area (Å²) in [5.74, 6) is -1.27. The van der Waals surface area contributed by atoms with Gasteiger partial charge in [-0.2, -0.15) is 0 Å².